The molecule has 2 rings (SSSR count). The summed E-state index contributed by atoms with van der Waals surface area (Å²) in [6, 6.07) is 7.09. The molecule has 9 heteroatoms. The number of ether oxygens (including phenoxy) is 2. The van der Waals surface area contributed by atoms with E-state index in [1.807, 2.05) is 0 Å². The molecule has 0 spiro atoms. The second kappa shape index (κ2) is 7.71. The SMILES string of the molecule is CCOC(=O)c1cc(NS(=O)(=O)c2cc(F)ccc2OC)ccc1Cl. The molecule has 0 aliphatic rings. The Bertz CT molecular complexity index is 901. The van der Waals surface area contributed by atoms with Gasteiger partial charge in [-0.05, 0) is 43.3 Å². The number of halogens is 2. The number of hydrogen-bond acceptors (Lipinski definition) is 5. The molecular weight excluding hydrogens is 373 g/mol. The molecule has 6 nitrogen and oxygen atoms in total. The highest BCUT2D eigenvalue weighted by molar-refractivity contribution is 7.92. The largest absolute Gasteiger partial charge is 0.495 e. The molecule has 0 fully saturated rings. The third kappa shape index (κ3) is 4.40. The van der Waals surface area contributed by atoms with Crippen molar-refractivity contribution in [3.8, 4) is 5.75 Å². The third-order valence-corrected chi connectivity index (χ3v) is 4.86. The van der Waals surface area contributed by atoms with E-state index in [1.54, 1.807) is 6.92 Å². The molecule has 0 unspecified atom stereocenters. The smallest absolute Gasteiger partial charge is 0.339 e. The van der Waals surface area contributed by atoms with Crippen LogP contribution in [0.1, 0.15) is 17.3 Å². The number of esters is 1. The van der Waals surface area contributed by atoms with Crippen LogP contribution in [0, 0.1) is 5.82 Å². The molecule has 0 aliphatic carbocycles. The molecule has 0 amide bonds. The predicted octanol–water partition coefficient (Wildman–Crippen LogP) is 3.47. The number of nitrogens with one attached hydrogen (secondary N) is 1. The fraction of sp³-hybridized carbons (Fsp3) is 0.188. The molecule has 0 saturated heterocycles. The molecule has 134 valence electrons. The maximum absolute atomic E-state index is 13.4. The van der Waals surface area contributed by atoms with Crippen LogP contribution in [0.2, 0.25) is 5.02 Å². The Morgan fingerprint density at radius 2 is 1.96 bits per heavy atom. The summed E-state index contributed by atoms with van der Waals surface area (Å²) in [5.74, 6) is -1.44. The van der Waals surface area contributed by atoms with Gasteiger partial charge < -0.3 is 9.47 Å². The zero-order valence-electron chi connectivity index (χ0n) is 13.4. The minimum absolute atomic E-state index is 0.00919. The lowest BCUT2D eigenvalue weighted by atomic mass is 10.2. The number of carbonyl (C=O) groups excluding carboxylic acids is 1. The van der Waals surface area contributed by atoms with Gasteiger partial charge in [-0.3, -0.25) is 4.72 Å². The van der Waals surface area contributed by atoms with E-state index in [2.05, 4.69) is 4.72 Å². The van der Waals surface area contributed by atoms with Crippen LogP contribution in [0.5, 0.6) is 5.75 Å². The standard InChI is InChI=1S/C16H15ClFNO5S/c1-3-24-16(20)12-9-11(5-6-13(12)17)19-25(21,22)15-8-10(18)4-7-14(15)23-2/h4-9,19H,3H2,1-2H3. The highest BCUT2D eigenvalue weighted by Crippen LogP contribution is 2.28. The van der Waals surface area contributed by atoms with Crippen molar-refractivity contribution in [2.24, 2.45) is 0 Å². The second-order valence-corrected chi connectivity index (χ2v) is 6.87. The minimum Gasteiger partial charge on any atom is -0.495 e. The Kier molecular flexibility index (Phi) is 5.86. The summed E-state index contributed by atoms with van der Waals surface area (Å²) < 4.78 is 50.5. The van der Waals surface area contributed by atoms with Crippen molar-refractivity contribution in [2.45, 2.75) is 11.8 Å². The lowest BCUT2D eigenvalue weighted by molar-refractivity contribution is 0.0526. The summed E-state index contributed by atoms with van der Waals surface area (Å²) in [4.78, 5) is 11.5. The van der Waals surface area contributed by atoms with E-state index in [0.717, 1.165) is 12.1 Å². The fourth-order valence-corrected chi connectivity index (χ4v) is 3.45. The topological polar surface area (TPSA) is 81.7 Å². The maximum Gasteiger partial charge on any atom is 0.339 e. The number of sulfonamides is 1. The second-order valence-electron chi connectivity index (χ2n) is 4.82. The molecule has 0 atom stereocenters. The monoisotopic (exact) mass is 387 g/mol. The Labute approximate surface area is 149 Å². The van der Waals surface area contributed by atoms with Gasteiger partial charge in [0.2, 0.25) is 0 Å². The highest BCUT2D eigenvalue weighted by Gasteiger charge is 2.22. The van der Waals surface area contributed by atoms with Gasteiger partial charge in [0.1, 0.15) is 16.5 Å². The van der Waals surface area contributed by atoms with Crippen LogP contribution in [-0.2, 0) is 14.8 Å². The Morgan fingerprint density at radius 3 is 2.60 bits per heavy atom. The lowest BCUT2D eigenvalue weighted by Gasteiger charge is -2.13. The van der Waals surface area contributed by atoms with Gasteiger partial charge in [-0.2, -0.15) is 0 Å². The lowest BCUT2D eigenvalue weighted by Crippen LogP contribution is -2.15. The van der Waals surface area contributed by atoms with Crippen molar-refractivity contribution in [1.29, 1.82) is 0 Å². The van der Waals surface area contributed by atoms with Crippen LogP contribution in [0.4, 0.5) is 10.1 Å². The van der Waals surface area contributed by atoms with Crippen molar-refractivity contribution in [1.82, 2.24) is 0 Å². The highest BCUT2D eigenvalue weighted by atomic mass is 35.5. The first-order chi connectivity index (χ1) is 11.8. The Balaban J connectivity index is 2.40. The van der Waals surface area contributed by atoms with Crippen LogP contribution in [0.3, 0.4) is 0 Å². The van der Waals surface area contributed by atoms with Crippen LogP contribution in [-0.4, -0.2) is 28.1 Å². The summed E-state index contributed by atoms with van der Waals surface area (Å²) in [5, 5.41) is 0.115. The van der Waals surface area contributed by atoms with Crippen molar-refractivity contribution >= 4 is 33.3 Å². The van der Waals surface area contributed by atoms with E-state index >= 15 is 0 Å². The van der Waals surface area contributed by atoms with Gasteiger partial charge in [-0.25, -0.2) is 17.6 Å². The number of anilines is 1. The predicted molar refractivity (Wildman–Crippen MR) is 91.2 cm³/mol. The first-order valence-corrected chi connectivity index (χ1v) is 8.97. The first kappa shape index (κ1) is 19.0. The van der Waals surface area contributed by atoms with Gasteiger partial charge in [0.05, 0.1) is 24.3 Å². The van der Waals surface area contributed by atoms with E-state index in [4.69, 9.17) is 21.1 Å². The molecule has 0 saturated carbocycles. The Hall–Kier alpha value is -2.32. The summed E-state index contributed by atoms with van der Waals surface area (Å²) in [6.45, 7) is 1.78. The number of benzene rings is 2. The van der Waals surface area contributed by atoms with Gasteiger partial charge in [-0.1, -0.05) is 11.6 Å². The maximum atomic E-state index is 13.4. The summed E-state index contributed by atoms with van der Waals surface area (Å²) in [7, 11) is -2.89. The van der Waals surface area contributed by atoms with Gasteiger partial charge in [0.15, 0.2) is 0 Å². The van der Waals surface area contributed by atoms with E-state index in [9.17, 15) is 17.6 Å². The molecule has 2 aromatic carbocycles. The third-order valence-electron chi connectivity index (χ3n) is 3.13. The van der Waals surface area contributed by atoms with Gasteiger partial charge in [0.25, 0.3) is 10.0 Å². The molecule has 0 heterocycles. The first-order valence-electron chi connectivity index (χ1n) is 7.11. The fourth-order valence-electron chi connectivity index (χ4n) is 2.02. The van der Waals surface area contributed by atoms with Crippen molar-refractivity contribution in [3.05, 3.63) is 52.8 Å². The van der Waals surface area contributed by atoms with Gasteiger partial charge in [0, 0.05) is 5.69 Å². The Morgan fingerprint density at radius 1 is 1.24 bits per heavy atom. The normalized spacial score (nSPS) is 11.0. The van der Waals surface area contributed by atoms with Crippen LogP contribution in [0.25, 0.3) is 0 Å². The molecular formula is C16H15ClFNO5S. The van der Waals surface area contributed by atoms with Crippen molar-refractivity contribution in [3.63, 3.8) is 0 Å². The van der Waals surface area contributed by atoms with E-state index in [1.165, 1.54) is 31.4 Å². The van der Waals surface area contributed by atoms with Gasteiger partial charge >= 0.3 is 5.97 Å². The van der Waals surface area contributed by atoms with E-state index in [-0.39, 0.29) is 33.5 Å². The molecule has 0 aromatic heterocycles. The van der Waals surface area contributed by atoms with Crippen LogP contribution < -0.4 is 9.46 Å². The zero-order chi connectivity index (χ0) is 18.6. The number of hydrogen-bond donors (Lipinski definition) is 1. The summed E-state index contributed by atoms with van der Waals surface area (Å²) in [5.41, 5.74) is 0.0775. The minimum atomic E-state index is -4.16. The molecule has 1 N–H and O–H groups in total. The number of carbonyl (C=O) groups is 1. The molecule has 0 bridgehead atoms. The van der Waals surface area contributed by atoms with Crippen LogP contribution in [0.15, 0.2) is 41.3 Å². The number of rotatable bonds is 6. The zero-order valence-corrected chi connectivity index (χ0v) is 14.9. The molecule has 2 aromatic rings. The average Bonchev–Trinajstić information content (AvgIpc) is 2.56. The quantitative estimate of drug-likeness (QED) is 0.767. The van der Waals surface area contributed by atoms with E-state index < -0.39 is 21.8 Å². The molecule has 25 heavy (non-hydrogen) atoms. The number of methoxy groups -OCH3 is 1. The average molecular weight is 388 g/mol. The van der Waals surface area contributed by atoms with E-state index in [0.29, 0.717) is 0 Å². The summed E-state index contributed by atoms with van der Waals surface area (Å²) in [6.07, 6.45) is 0. The molecule has 0 radical (unpaired) electrons. The molecule has 0 aliphatic heterocycles. The van der Waals surface area contributed by atoms with Gasteiger partial charge in [-0.15, -0.1) is 0 Å². The van der Waals surface area contributed by atoms with Crippen molar-refractivity contribution < 1.29 is 27.1 Å². The van der Waals surface area contributed by atoms with Crippen molar-refractivity contribution in [2.75, 3.05) is 18.4 Å². The summed E-state index contributed by atoms with van der Waals surface area (Å²) >= 11 is 5.94. The van der Waals surface area contributed by atoms with Crippen LogP contribution >= 0.6 is 11.6 Å².